The van der Waals surface area contributed by atoms with Gasteiger partial charge >= 0.3 is 105 Å². The third-order valence-corrected chi connectivity index (χ3v) is 5.00. The van der Waals surface area contributed by atoms with E-state index in [1.165, 1.54) is 83.5 Å². The minimum absolute atomic E-state index is 0. The maximum Gasteiger partial charge on any atom is 1.00 e. The van der Waals surface area contributed by atoms with Crippen LogP contribution in [-0.4, -0.2) is 21.5 Å². The first kappa shape index (κ1) is 42.0. The van der Waals surface area contributed by atoms with Gasteiger partial charge in [-0.1, -0.05) is 96.1 Å². The molecule has 0 aromatic carbocycles. The summed E-state index contributed by atoms with van der Waals surface area (Å²) in [4.78, 5) is 15.3. The van der Waals surface area contributed by atoms with Gasteiger partial charge in [-0.15, -0.1) is 9.79 Å². The van der Waals surface area contributed by atoms with Gasteiger partial charge in [0.25, 0.3) is 0 Å². The van der Waals surface area contributed by atoms with Gasteiger partial charge in [-0.25, -0.2) is 0 Å². The summed E-state index contributed by atoms with van der Waals surface area (Å²) in [5.74, 6) is 0. The summed E-state index contributed by atoms with van der Waals surface area (Å²) >= 11 is 0. The Morgan fingerprint density at radius 2 is 1.03 bits per heavy atom. The molecule has 160 valence electrons. The Labute approximate surface area is 250 Å². The van der Waals surface area contributed by atoms with E-state index >= 15 is 0 Å². The Bertz CT molecular complexity index is 367. The van der Waals surface area contributed by atoms with Gasteiger partial charge in [-0.2, -0.15) is 0 Å². The number of hydrogen-bond acceptors (Lipinski definition) is 4. The minimum Gasteiger partial charge on any atom is -1.00 e. The van der Waals surface area contributed by atoms with Crippen molar-refractivity contribution in [2.75, 3.05) is 6.61 Å². The molecular weight excluding hydrogens is 443 g/mol. The monoisotopic (exact) mass is 484 g/mol. The molecule has 0 radical (unpaired) electrons. The molecule has 0 spiro atoms. The van der Waals surface area contributed by atoms with Crippen LogP contribution in [0.25, 0.3) is 0 Å². The van der Waals surface area contributed by atoms with E-state index in [4.69, 9.17) is 14.9 Å². The van der Waals surface area contributed by atoms with Crippen LogP contribution in [0.4, 0.5) is 0 Å². The molecule has 11 heteroatoms. The molecule has 0 aliphatic rings. The summed E-state index contributed by atoms with van der Waals surface area (Å²) in [6.45, 7) is 2.47. The number of hydrogen-bond donors (Lipinski definition) is 3. The second-order valence-electron chi connectivity index (χ2n) is 6.24. The van der Waals surface area contributed by atoms with E-state index in [1.807, 2.05) is 6.08 Å². The van der Waals surface area contributed by atoms with Gasteiger partial charge in [0, 0.05) is 9.13 Å². The zero-order chi connectivity index (χ0) is 19.9. The number of aliphatic hydroxyl groups excluding tert-OH is 1. The Kier molecular flexibility index (Phi) is 55.1. The zero-order valence-electron chi connectivity index (χ0n) is 22.2. The Morgan fingerprint density at radius 3 is 1.31 bits per heavy atom. The molecule has 3 N–H and O–H groups in total. The van der Waals surface area contributed by atoms with Gasteiger partial charge in [0.1, 0.15) is 0 Å². The van der Waals surface area contributed by atoms with Crippen molar-refractivity contribution in [1.82, 2.24) is 0 Å². The first-order valence-electron chi connectivity index (χ1n) is 9.80. The van der Waals surface area contributed by atoms with E-state index < -0.39 is 16.5 Å². The fourth-order valence-corrected chi connectivity index (χ4v) is 3.01. The second-order valence-corrected chi connectivity index (χ2v) is 7.85. The molecule has 0 heterocycles. The SMILES string of the molecule is CCCCCCCCCCCCCCCC=CCO.O=[P+](O)O[P+](=O)O.[H-].[H-].[H-].[Na+].[Na+].[Na+]. The molecule has 0 aromatic heterocycles. The van der Waals surface area contributed by atoms with Crippen LogP contribution in [0.15, 0.2) is 12.2 Å². The number of aliphatic hydroxyl groups is 1. The summed E-state index contributed by atoms with van der Waals surface area (Å²) in [6.07, 6.45) is 23.4. The van der Waals surface area contributed by atoms with Crippen LogP contribution in [0.3, 0.4) is 0 Å². The number of unbranched alkanes of at least 4 members (excludes halogenated alkanes) is 13. The molecule has 29 heavy (non-hydrogen) atoms. The summed E-state index contributed by atoms with van der Waals surface area (Å²) < 4.78 is 22.2. The molecular formula is C18H41Na3O6P2+2. The molecule has 6 nitrogen and oxygen atoms in total. The van der Waals surface area contributed by atoms with Gasteiger partial charge < -0.3 is 9.39 Å². The summed E-state index contributed by atoms with van der Waals surface area (Å²) in [5, 5.41) is 8.58. The molecule has 2 atom stereocenters. The van der Waals surface area contributed by atoms with Crippen molar-refractivity contribution in [1.29, 1.82) is 0 Å². The number of allylic oxidation sites excluding steroid dienone is 1. The fourth-order valence-electron chi connectivity index (χ4n) is 2.53. The van der Waals surface area contributed by atoms with Crippen molar-refractivity contribution in [2.24, 2.45) is 0 Å². The van der Waals surface area contributed by atoms with Crippen LogP contribution >= 0.6 is 16.5 Å². The van der Waals surface area contributed by atoms with Crippen molar-refractivity contribution >= 4 is 16.5 Å². The van der Waals surface area contributed by atoms with Crippen molar-refractivity contribution in [3.63, 3.8) is 0 Å². The summed E-state index contributed by atoms with van der Waals surface area (Å²) in [5.41, 5.74) is 0. The molecule has 0 aliphatic carbocycles. The van der Waals surface area contributed by atoms with Gasteiger partial charge in [0.05, 0.1) is 6.61 Å². The van der Waals surface area contributed by atoms with Gasteiger partial charge in [-0.05, 0) is 12.8 Å². The second kappa shape index (κ2) is 38.1. The maximum atomic E-state index is 9.39. The van der Waals surface area contributed by atoms with E-state index in [2.05, 4.69) is 17.3 Å². The van der Waals surface area contributed by atoms with Gasteiger partial charge in [0.15, 0.2) is 4.31 Å². The largest absolute Gasteiger partial charge is 1.00 e. The van der Waals surface area contributed by atoms with Crippen molar-refractivity contribution in [3.05, 3.63) is 12.2 Å². The molecule has 0 rings (SSSR count). The van der Waals surface area contributed by atoms with Gasteiger partial charge in [0.2, 0.25) is 0 Å². The maximum absolute atomic E-state index is 9.39. The Morgan fingerprint density at radius 1 is 0.690 bits per heavy atom. The molecule has 0 aliphatic heterocycles. The molecule has 2 unspecified atom stereocenters. The summed E-state index contributed by atoms with van der Waals surface area (Å²) in [7, 11) is -5.85. The molecule has 0 bridgehead atoms. The molecule has 0 saturated carbocycles. The quantitative estimate of drug-likeness (QED) is 0.0927. The van der Waals surface area contributed by atoms with Crippen molar-refractivity contribution in [2.45, 2.75) is 96.8 Å². The Hall–Kier alpha value is 2.78. The first-order chi connectivity index (χ1) is 12.5. The predicted molar refractivity (Wildman–Crippen MR) is 111 cm³/mol. The van der Waals surface area contributed by atoms with Crippen LogP contribution in [-0.2, 0) is 13.4 Å². The van der Waals surface area contributed by atoms with Crippen LogP contribution in [0, 0.1) is 0 Å². The van der Waals surface area contributed by atoms with E-state index in [9.17, 15) is 9.13 Å². The molecule has 0 fully saturated rings. The van der Waals surface area contributed by atoms with E-state index in [0.29, 0.717) is 0 Å². The van der Waals surface area contributed by atoms with Crippen molar-refractivity contribution in [3.8, 4) is 0 Å². The van der Waals surface area contributed by atoms with Crippen LogP contribution in [0.2, 0.25) is 0 Å². The normalized spacial score (nSPS) is 10.8. The van der Waals surface area contributed by atoms with Gasteiger partial charge in [-0.3, -0.25) is 0 Å². The molecule has 0 aromatic rings. The average molecular weight is 484 g/mol. The van der Waals surface area contributed by atoms with E-state index in [1.54, 1.807) is 0 Å². The predicted octanol–water partition coefficient (Wildman–Crippen LogP) is -2.33. The molecule has 0 saturated heterocycles. The van der Waals surface area contributed by atoms with E-state index in [0.717, 1.165) is 6.42 Å². The van der Waals surface area contributed by atoms with E-state index in [-0.39, 0.29) is 99.6 Å². The third kappa shape index (κ3) is 49.1. The van der Waals surface area contributed by atoms with Crippen LogP contribution in [0.1, 0.15) is 101 Å². The average Bonchev–Trinajstić information content (AvgIpc) is 2.58. The minimum atomic E-state index is -2.92. The standard InChI is InChI=1S/C18H36O.3Na.O5P2.3H/c1-2-3-4-5-6-7-8-9-10-11-12-13-14-15-16-17-18-19;;;;1-6(2)5-7(3)4;;;/h16-17,19H,2-15,18H2,1H3;;;;;;;/q;3*+1;;3*-1/p+2. The summed E-state index contributed by atoms with van der Waals surface area (Å²) in [6, 6.07) is 0. The third-order valence-electron chi connectivity index (χ3n) is 3.89. The topological polar surface area (TPSA) is 104 Å². The number of rotatable bonds is 17. The smallest absolute Gasteiger partial charge is 1.00 e. The fraction of sp³-hybridized carbons (Fsp3) is 0.889. The molecule has 0 amide bonds. The van der Waals surface area contributed by atoms with Crippen LogP contribution in [0.5, 0.6) is 0 Å². The van der Waals surface area contributed by atoms with Crippen LogP contribution < -0.4 is 88.7 Å². The van der Waals surface area contributed by atoms with Crippen molar-refractivity contribution < 1.29 is 121 Å². The zero-order valence-corrected chi connectivity index (χ0v) is 27.0. The first-order valence-corrected chi connectivity index (χ1v) is 12.1. The Balaban J connectivity index is -0.0000000650.